The Bertz CT molecular complexity index is 862. The predicted molar refractivity (Wildman–Crippen MR) is 92.9 cm³/mol. The highest BCUT2D eigenvalue weighted by atomic mass is 35.5. The molecule has 0 saturated heterocycles. The van der Waals surface area contributed by atoms with E-state index in [2.05, 4.69) is 10.4 Å². The topological polar surface area (TPSA) is 79.9 Å². The minimum atomic E-state index is -0.541. The second-order valence-corrected chi connectivity index (χ2v) is 5.61. The summed E-state index contributed by atoms with van der Waals surface area (Å²) in [5, 5.41) is 16.7. The molecular formula is C17H17ClN4O2. The Morgan fingerprint density at radius 1 is 1.46 bits per heavy atom. The lowest BCUT2D eigenvalue weighted by molar-refractivity contribution is -0.112. The van der Waals surface area contributed by atoms with Crippen molar-refractivity contribution >= 4 is 29.3 Å². The van der Waals surface area contributed by atoms with Crippen LogP contribution in [0.2, 0.25) is 5.02 Å². The SMILES string of the molecule is COc1ccc(Cl)cc1NC(=O)C(C#N)=Cc1c(C)nn(C)c1C. The number of benzene rings is 1. The van der Waals surface area contributed by atoms with Gasteiger partial charge in [0.2, 0.25) is 0 Å². The molecule has 0 radical (unpaired) electrons. The monoisotopic (exact) mass is 344 g/mol. The fraction of sp³-hybridized carbons (Fsp3) is 0.235. The summed E-state index contributed by atoms with van der Waals surface area (Å²) in [6, 6.07) is 6.78. The largest absolute Gasteiger partial charge is 0.495 e. The van der Waals surface area contributed by atoms with Crippen molar-refractivity contribution in [3.63, 3.8) is 0 Å². The zero-order valence-corrected chi connectivity index (χ0v) is 14.6. The Kier molecular flexibility index (Phi) is 5.27. The van der Waals surface area contributed by atoms with Gasteiger partial charge in [-0.05, 0) is 38.1 Å². The Labute approximate surface area is 145 Å². The number of nitriles is 1. The first-order chi connectivity index (χ1) is 11.4. The van der Waals surface area contributed by atoms with Crippen LogP contribution in [0.4, 0.5) is 5.69 Å². The number of ether oxygens (including phenoxy) is 1. The number of hydrogen-bond donors (Lipinski definition) is 1. The molecule has 1 aromatic heterocycles. The quantitative estimate of drug-likeness (QED) is 0.682. The normalized spacial score (nSPS) is 11.1. The molecule has 0 saturated carbocycles. The van der Waals surface area contributed by atoms with Gasteiger partial charge in [0.05, 0.1) is 18.5 Å². The molecule has 24 heavy (non-hydrogen) atoms. The van der Waals surface area contributed by atoms with E-state index in [4.69, 9.17) is 16.3 Å². The minimum Gasteiger partial charge on any atom is -0.495 e. The summed E-state index contributed by atoms with van der Waals surface area (Å²) < 4.78 is 6.89. The molecule has 0 fully saturated rings. The standard InChI is InChI=1S/C17H17ClN4O2/c1-10-14(11(2)22(3)21-10)7-12(9-19)17(23)20-15-8-13(18)5-6-16(15)24-4/h5-8H,1-4H3,(H,20,23). The van der Waals surface area contributed by atoms with Crippen molar-refractivity contribution < 1.29 is 9.53 Å². The number of rotatable bonds is 4. The zero-order valence-electron chi connectivity index (χ0n) is 13.8. The third-order valence-electron chi connectivity index (χ3n) is 3.63. The number of carbonyl (C=O) groups is 1. The molecule has 7 heteroatoms. The van der Waals surface area contributed by atoms with E-state index in [-0.39, 0.29) is 5.57 Å². The van der Waals surface area contributed by atoms with E-state index in [0.717, 1.165) is 17.0 Å². The maximum absolute atomic E-state index is 12.4. The first kappa shape index (κ1) is 17.6. The predicted octanol–water partition coefficient (Wildman–Crippen LogP) is 3.24. The molecule has 1 aromatic carbocycles. The van der Waals surface area contributed by atoms with Gasteiger partial charge in [0.15, 0.2) is 0 Å². The fourth-order valence-electron chi connectivity index (χ4n) is 2.26. The minimum absolute atomic E-state index is 0.0313. The Morgan fingerprint density at radius 3 is 2.71 bits per heavy atom. The number of hydrogen-bond acceptors (Lipinski definition) is 4. The van der Waals surface area contributed by atoms with Gasteiger partial charge in [-0.15, -0.1) is 0 Å². The van der Waals surface area contributed by atoms with E-state index in [1.54, 1.807) is 22.9 Å². The lowest BCUT2D eigenvalue weighted by Crippen LogP contribution is -2.14. The second-order valence-electron chi connectivity index (χ2n) is 5.18. The Hall–Kier alpha value is -2.78. The first-order valence-corrected chi connectivity index (χ1v) is 7.52. The van der Waals surface area contributed by atoms with Crippen LogP contribution in [0.15, 0.2) is 23.8 Å². The van der Waals surface area contributed by atoms with Crippen LogP contribution in [0, 0.1) is 25.2 Å². The summed E-state index contributed by atoms with van der Waals surface area (Å²) in [6.07, 6.45) is 1.53. The van der Waals surface area contributed by atoms with Gasteiger partial charge < -0.3 is 10.1 Å². The van der Waals surface area contributed by atoms with Gasteiger partial charge in [-0.3, -0.25) is 9.48 Å². The van der Waals surface area contributed by atoms with Crippen molar-refractivity contribution in [2.45, 2.75) is 13.8 Å². The maximum Gasteiger partial charge on any atom is 0.266 e. The molecule has 1 heterocycles. The molecule has 6 nitrogen and oxygen atoms in total. The summed E-state index contributed by atoms with van der Waals surface area (Å²) in [6.45, 7) is 3.70. The summed E-state index contributed by atoms with van der Waals surface area (Å²) in [7, 11) is 3.30. The number of nitrogens with zero attached hydrogens (tertiary/aromatic N) is 3. The van der Waals surface area contributed by atoms with Crippen LogP contribution in [-0.4, -0.2) is 22.8 Å². The summed E-state index contributed by atoms with van der Waals surface area (Å²) in [4.78, 5) is 12.4. The molecule has 0 atom stereocenters. The van der Waals surface area contributed by atoms with Gasteiger partial charge in [0.1, 0.15) is 17.4 Å². The van der Waals surface area contributed by atoms with Gasteiger partial charge in [0.25, 0.3) is 5.91 Å². The van der Waals surface area contributed by atoms with Crippen molar-refractivity contribution in [1.82, 2.24) is 9.78 Å². The highest BCUT2D eigenvalue weighted by molar-refractivity contribution is 6.31. The molecule has 0 unspecified atom stereocenters. The van der Waals surface area contributed by atoms with Crippen molar-refractivity contribution in [3.8, 4) is 11.8 Å². The lowest BCUT2D eigenvalue weighted by atomic mass is 10.1. The van der Waals surface area contributed by atoms with Gasteiger partial charge >= 0.3 is 0 Å². The number of nitrogens with one attached hydrogen (secondary N) is 1. The molecular weight excluding hydrogens is 328 g/mol. The van der Waals surface area contributed by atoms with Gasteiger partial charge in [-0.2, -0.15) is 10.4 Å². The molecule has 0 aliphatic rings. The molecule has 0 spiro atoms. The number of aromatic nitrogens is 2. The molecule has 124 valence electrons. The molecule has 0 aliphatic carbocycles. The number of amides is 1. The van der Waals surface area contributed by atoms with Gasteiger partial charge in [0, 0.05) is 23.3 Å². The van der Waals surface area contributed by atoms with E-state index >= 15 is 0 Å². The summed E-state index contributed by atoms with van der Waals surface area (Å²) in [5.74, 6) is -0.0838. The van der Waals surface area contributed by atoms with E-state index in [0.29, 0.717) is 16.5 Å². The fourth-order valence-corrected chi connectivity index (χ4v) is 2.43. The van der Waals surface area contributed by atoms with E-state index in [1.807, 2.05) is 27.0 Å². The highest BCUT2D eigenvalue weighted by Crippen LogP contribution is 2.28. The Balaban J connectivity index is 2.35. The van der Waals surface area contributed by atoms with E-state index in [9.17, 15) is 10.1 Å². The molecule has 1 N–H and O–H groups in total. The third-order valence-corrected chi connectivity index (χ3v) is 3.86. The molecule has 1 amide bonds. The number of halogens is 1. The molecule has 2 rings (SSSR count). The van der Waals surface area contributed by atoms with Gasteiger partial charge in [-0.25, -0.2) is 0 Å². The molecule has 0 bridgehead atoms. The van der Waals surface area contributed by atoms with Crippen LogP contribution in [0.25, 0.3) is 6.08 Å². The number of methoxy groups -OCH3 is 1. The van der Waals surface area contributed by atoms with Crippen molar-refractivity contribution in [3.05, 3.63) is 45.7 Å². The summed E-state index contributed by atoms with van der Waals surface area (Å²) in [5.41, 5.74) is 2.73. The third kappa shape index (κ3) is 3.58. The van der Waals surface area contributed by atoms with Gasteiger partial charge in [-0.1, -0.05) is 11.6 Å². The average Bonchev–Trinajstić information content (AvgIpc) is 2.78. The van der Waals surface area contributed by atoms with Crippen molar-refractivity contribution in [2.75, 3.05) is 12.4 Å². The van der Waals surface area contributed by atoms with E-state index < -0.39 is 5.91 Å². The first-order valence-electron chi connectivity index (χ1n) is 7.14. The highest BCUT2D eigenvalue weighted by Gasteiger charge is 2.15. The van der Waals surface area contributed by atoms with Crippen LogP contribution in [0.3, 0.4) is 0 Å². The number of aryl methyl sites for hydroxylation is 2. The van der Waals surface area contributed by atoms with Crippen LogP contribution < -0.4 is 10.1 Å². The second kappa shape index (κ2) is 7.20. The van der Waals surface area contributed by atoms with Crippen LogP contribution >= 0.6 is 11.6 Å². The maximum atomic E-state index is 12.4. The smallest absolute Gasteiger partial charge is 0.266 e. The van der Waals surface area contributed by atoms with Crippen molar-refractivity contribution in [2.24, 2.45) is 7.05 Å². The van der Waals surface area contributed by atoms with Crippen LogP contribution in [-0.2, 0) is 11.8 Å². The Morgan fingerprint density at radius 2 is 2.17 bits per heavy atom. The average molecular weight is 345 g/mol. The summed E-state index contributed by atoms with van der Waals surface area (Å²) >= 11 is 5.95. The van der Waals surface area contributed by atoms with Crippen molar-refractivity contribution in [1.29, 1.82) is 5.26 Å². The van der Waals surface area contributed by atoms with Crippen LogP contribution in [0.5, 0.6) is 5.75 Å². The molecule has 2 aromatic rings. The zero-order chi connectivity index (χ0) is 17.9. The van der Waals surface area contributed by atoms with E-state index in [1.165, 1.54) is 13.2 Å². The lowest BCUT2D eigenvalue weighted by Gasteiger charge is -2.10. The number of anilines is 1. The number of carbonyl (C=O) groups excluding carboxylic acids is 1. The van der Waals surface area contributed by atoms with Crippen LogP contribution in [0.1, 0.15) is 17.0 Å². The molecule has 0 aliphatic heterocycles.